The Labute approximate surface area is 213 Å². The number of carbonyl (C=O) groups excluding carboxylic acids is 2. The minimum Gasteiger partial charge on any atom is -0.460 e. The first-order valence-corrected chi connectivity index (χ1v) is 13.9. The van der Waals surface area contributed by atoms with Gasteiger partial charge in [0, 0.05) is 0 Å². The molecule has 12 heteroatoms. The van der Waals surface area contributed by atoms with Gasteiger partial charge in [0.05, 0.1) is 16.2 Å². The van der Waals surface area contributed by atoms with Crippen molar-refractivity contribution in [1.82, 2.24) is 4.13 Å². The lowest BCUT2D eigenvalue weighted by molar-refractivity contribution is -0.163. The molecule has 0 spiro atoms. The highest BCUT2D eigenvalue weighted by molar-refractivity contribution is 8.04. The zero-order valence-corrected chi connectivity index (χ0v) is 22.9. The number of carbonyl (C=O) groups is 2. The van der Waals surface area contributed by atoms with Crippen LogP contribution in [-0.4, -0.2) is 46.0 Å². The van der Waals surface area contributed by atoms with E-state index in [2.05, 4.69) is 0 Å². The van der Waals surface area contributed by atoms with E-state index in [9.17, 15) is 26.4 Å². The summed E-state index contributed by atoms with van der Waals surface area (Å²) in [7, 11) is -8.21. The summed E-state index contributed by atoms with van der Waals surface area (Å²) >= 11 is 0. The Kier molecular flexibility index (Phi) is 10.8. The molecule has 0 aliphatic rings. The fourth-order valence-electron chi connectivity index (χ4n) is 2.46. The quantitative estimate of drug-likeness (QED) is 0.502. The van der Waals surface area contributed by atoms with E-state index < -0.39 is 49.2 Å². The molecule has 0 bridgehead atoms. The van der Waals surface area contributed by atoms with Crippen LogP contribution in [0.25, 0.3) is 0 Å². The topological polar surface area (TPSA) is 159 Å². The van der Waals surface area contributed by atoms with Crippen LogP contribution in [0.5, 0.6) is 0 Å². The molecule has 1 atom stereocenters. The number of ether oxygens (including phenoxy) is 2. The van der Waals surface area contributed by atoms with Gasteiger partial charge in [0.25, 0.3) is 20.0 Å². The van der Waals surface area contributed by atoms with Gasteiger partial charge in [-0.15, -0.1) is 4.13 Å². The van der Waals surface area contributed by atoms with Gasteiger partial charge < -0.3 is 15.2 Å². The van der Waals surface area contributed by atoms with E-state index in [1.54, 1.807) is 57.8 Å². The molecule has 2 aromatic carbocycles. The van der Waals surface area contributed by atoms with Crippen LogP contribution in [0.15, 0.2) is 70.5 Å². The van der Waals surface area contributed by atoms with E-state index in [-0.39, 0.29) is 16.2 Å². The Morgan fingerprint density at radius 3 is 1.44 bits per heavy atom. The number of sulfonamides is 2. The lowest BCUT2D eigenvalue weighted by Gasteiger charge is -2.23. The zero-order chi connectivity index (χ0) is 27.8. The smallest absolute Gasteiger partial charge is 0.324 e. The van der Waals surface area contributed by atoms with E-state index in [1.165, 1.54) is 48.5 Å². The Morgan fingerprint density at radius 1 is 0.750 bits per heavy atom. The average molecular weight is 543 g/mol. The zero-order valence-electron chi connectivity index (χ0n) is 21.2. The van der Waals surface area contributed by atoms with Gasteiger partial charge in [-0.05, 0) is 65.8 Å². The second-order valence-electron chi connectivity index (χ2n) is 9.65. The van der Waals surface area contributed by atoms with Crippen molar-refractivity contribution in [2.45, 2.75) is 75.0 Å². The van der Waals surface area contributed by atoms with Gasteiger partial charge in [-0.3, -0.25) is 9.59 Å². The highest BCUT2D eigenvalue weighted by Gasteiger charge is 2.27. The fraction of sp³-hybridized carbons (Fsp3) is 0.417. The number of nitrogens with two attached hydrogens (primary N) is 1. The van der Waals surface area contributed by atoms with E-state index in [4.69, 9.17) is 15.2 Å². The number of rotatable bonds is 7. The molecule has 0 amide bonds. The highest BCUT2D eigenvalue weighted by Crippen LogP contribution is 2.14. The molecule has 0 fully saturated rings. The Balaban J connectivity index is 0.000000363. The standard InChI is InChI=1S/C12H11NO4S2.C12H23NO4/c14-18(15,11-7-3-1-4-8-11)13-19(16,17)12-9-5-2-6-10-12;1-11(2,3)16-9(14)7-8(13)10(15)17-12(4,5)6/h1-10,13H;8H,7,13H2,1-6H3. The molecular formula is C24H34N2O8S2. The van der Waals surface area contributed by atoms with Gasteiger partial charge >= 0.3 is 11.9 Å². The first-order valence-electron chi connectivity index (χ1n) is 10.9. The van der Waals surface area contributed by atoms with Gasteiger partial charge in [-0.1, -0.05) is 36.4 Å². The largest absolute Gasteiger partial charge is 0.460 e. The highest BCUT2D eigenvalue weighted by atomic mass is 32.3. The summed E-state index contributed by atoms with van der Waals surface area (Å²) < 4.78 is 59.6. The molecule has 10 nitrogen and oxygen atoms in total. The number of nitrogens with one attached hydrogen (secondary N) is 1. The van der Waals surface area contributed by atoms with Crippen molar-refractivity contribution in [1.29, 1.82) is 0 Å². The van der Waals surface area contributed by atoms with Gasteiger partial charge in [-0.25, -0.2) is 16.8 Å². The van der Waals surface area contributed by atoms with Crippen LogP contribution in [0.3, 0.4) is 0 Å². The van der Waals surface area contributed by atoms with Crippen LogP contribution >= 0.6 is 0 Å². The minimum atomic E-state index is -4.10. The Bertz CT molecular complexity index is 1150. The molecule has 36 heavy (non-hydrogen) atoms. The third kappa shape index (κ3) is 11.8. The van der Waals surface area contributed by atoms with Gasteiger partial charge in [0.1, 0.15) is 17.2 Å². The number of benzene rings is 2. The van der Waals surface area contributed by atoms with Crippen LogP contribution in [0, 0.1) is 0 Å². The third-order valence-corrected chi connectivity index (χ3v) is 7.38. The van der Waals surface area contributed by atoms with E-state index >= 15 is 0 Å². The summed E-state index contributed by atoms with van der Waals surface area (Å²) in [5, 5.41) is 0. The predicted octanol–water partition coefficient (Wildman–Crippen LogP) is 2.74. The maximum absolute atomic E-state index is 11.9. The summed E-state index contributed by atoms with van der Waals surface area (Å²) in [6.07, 6.45) is -0.174. The van der Waals surface area contributed by atoms with Crippen LogP contribution in [0.1, 0.15) is 48.0 Å². The van der Waals surface area contributed by atoms with Crippen molar-refractivity contribution in [2.24, 2.45) is 5.73 Å². The third-order valence-electron chi connectivity index (χ3n) is 3.84. The molecule has 0 heterocycles. The predicted molar refractivity (Wildman–Crippen MR) is 135 cm³/mol. The maximum Gasteiger partial charge on any atom is 0.324 e. The van der Waals surface area contributed by atoms with Crippen molar-refractivity contribution in [2.75, 3.05) is 0 Å². The maximum atomic E-state index is 11.9. The molecule has 0 aromatic heterocycles. The molecule has 200 valence electrons. The molecule has 3 N–H and O–H groups in total. The molecule has 0 aliphatic heterocycles. The minimum absolute atomic E-state index is 0.102. The second-order valence-corrected chi connectivity index (χ2v) is 13.3. The second kappa shape index (κ2) is 12.4. The Hall–Kier alpha value is -2.80. The number of hydrogen-bond acceptors (Lipinski definition) is 9. The van der Waals surface area contributed by atoms with Gasteiger partial charge in [0.15, 0.2) is 0 Å². The van der Waals surface area contributed by atoms with Crippen molar-refractivity contribution in [3.8, 4) is 0 Å². The summed E-state index contributed by atoms with van der Waals surface area (Å²) in [5.74, 6) is -1.10. The van der Waals surface area contributed by atoms with Crippen LogP contribution in [-0.2, 0) is 39.1 Å². The van der Waals surface area contributed by atoms with E-state index in [0.29, 0.717) is 0 Å². The SMILES string of the molecule is CC(C)(C)OC(=O)CC(N)C(=O)OC(C)(C)C.O=S(=O)(NS(=O)(=O)c1ccccc1)c1ccccc1. The molecule has 1 unspecified atom stereocenters. The summed E-state index contributed by atoms with van der Waals surface area (Å²) in [6.45, 7) is 10.5. The molecule has 2 aromatic rings. The number of hydrogen-bond donors (Lipinski definition) is 2. The van der Waals surface area contributed by atoms with Crippen molar-refractivity contribution < 1.29 is 35.9 Å². The van der Waals surface area contributed by atoms with E-state index in [1.807, 2.05) is 0 Å². The van der Waals surface area contributed by atoms with Gasteiger partial charge in [0.2, 0.25) is 0 Å². The summed E-state index contributed by atoms with van der Waals surface area (Å²) in [6, 6.07) is 13.7. The van der Waals surface area contributed by atoms with Crippen LogP contribution < -0.4 is 9.86 Å². The normalized spacial score (nSPS) is 13.1. The van der Waals surface area contributed by atoms with E-state index in [0.717, 1.165) is 0 Å². The lowest BCUT2D eigenvalue weighted by atomic mass is 10.1. The first-order chi connectivity index (χ1) is 16.3. The first kappa shape index (κ1) is 31.2. The van der Waals surface area contributed by atoms with Crippen molar-refractivity contribution in [3.63, 3.8) is 0 Å². The molecule has 0 radical (unpaired) electrons. The monoisotopic (exact) mass is 542 g/mol. The number of esters is 2. The van der Waals surface area contributed by atoms with Crippen molar-refractivity contribution >= 4 is 32.0 Å². The summed E-state index contributed by atoms with van der Waals surface area (Å²) in [5.41, 5.74) is 4.38. The van der Waals surface area contributed by atoms with Crippen LogP contribution in [0.2, 0.25) is 0 Å². The molecule has 0 aliphatic carbocycles. The lowest BCUT2D eigenvalue weighted by Crippen LogP contribution is -2.40. The van der Waals surface area contributed by atoms with Gasteiger partial charge in [-0.2, -0.15) is 0 Å². The summed E-state index contributed by atoms with van der Waals surface area (Å²) in [4.78, 5) is 22.7. The fourth-order valence-corrected chi connectivity index (χ4v) is 5.42. The Morgan fingerprint density at radius 2 is 1.11 bits per heavy atom. The average Bonchev–Trinajstić information content (AvgIpc) is 2.72. The molecular weight excluding hydrogens is 508 g/mol. The van der Waals surface area contributed by atoms with Crippen LogP contribution in [0.4, 0.5) is 0 Å². The molecule has 2 rings (SSSR count). The molecule has 0 saturated carbocycles. The van der Waals surface area contributed by atoms with Crippen molar-refractivity contribution in [3.05, 3.63) is 60.7 Å². The molecule has 0 saturated heterocycles.